The van der Waals surface area contributed by atoms with Crippen LogP contribution in [0.1, 0.15) is 26.3 Å². The van der Waals surface area contributed by atoms with Gasteiger partial charge in [-0.3, -0.25) is 19.3 Å². The molecule has 0 unspecified atom stereocenters. The van der Waals surface area contributed by atoms with E-state index in [1.165, 1.54) is 12.1 Å². The van der Waals surface area contributed by atoms with Crippen molar-refractivity contribution in [1.29, 1.82) is 0 Å². The maximum Gasteiger partial charge on any atom is 0.323 e. The Morgan fingerprint density at radius 2 is 1.57 bits per heavy atom. The number of azo groups is 1. The summed E-state index contributed by atoms with van der Waals surface area (Å²) in [4.78, 5) is 58.6. The van der Waals surface area contributed by atoms with Gasteiger partial charge in [-0.15, -0.1) is 5.11 Å². The molecule has 0 saturated carbocycles. The van der Waals surface area contributed by atoms with Gasteiger partial charge in [0.15, 0.2) is 11.4 Å². The molecule has 3 heterocycles. The fourth-order valence-electron chi connectivity index (χ4n) is 4.33. The van der Waals surface area contributed by atoms with Crippen molar-refractivity contribution in [3.05, 3.63) is 92.1 Å². The lowest BCUT2D eigenvalue weighted by atomic mass is 10.1. The highest BCUT2D eigenvalue weighted by Crippen LogP contribution is 2.33. The van der Waals surface area contributed by atoms with E-state index in [0.29, 0.717) is 38.9 Å². The number of nitrogens with two attached hydrogens (primary N) is 1. The summed E-state index contributed by atoms with van der Waals surface area (Å²) in [6.45, 7) is -0.0316. The summed E-state index contributed by atoms with van der Waals surface area (Å²) in [6.07, 6.45) is 0. The first-order valence-electron chi connectivity index (χ1n) is 11.1. The van der Waals surface area contributed by atoms with Crippen molar-refractivity contribution in [2.45, 2.75) is 6.54 Å². The zero-order valence-corrected chi connectivity index (χ0v) is 18.9. The number of imide groups is 1. The molecule has 0 fully saturated rings. The van der Waals surface area contributed by atoms with Crippen LogP contribution in [0.3, 0.4) is 0 Å². The highest BCUT2D eigenvalue weighted by Gasteiger charge is 2.35. The van der Waals surface area contributed by atoms with Gasteiger partial charge in [-0.2, -0.15) is 5.11 Å². The summed E-state index contributed by atoms with van der Waals surface area (Å²) in [5.41, 5.74) is 7.66. The van der Waals surface area contributed by atoms with Crippen molar-refractivity contribution >= 4 is 50.8 Å². The maximum atomic E-state index is 12.8. The Morgan fingerprint density at radius 1 is 0.784 bits per heavy atom. The molecule has 182 valence electrons. The van der Waals surface area contributed by atoms with Crippen molar-refractivity contribution in [3.63, 3.8) is 0 Å². The lowest BCUT2D eigenvalue weighted by molar-refractivity contribution is 0.0642. The summed E-state index contributed by atoms with van der Waals surface area (Å²) in [7, 11) is 0. The molecule has 3 aromatic carbocycles. The number of H-pyrrole nitrogens is 3. The van der Waals surface area contributed by atoms with Crippen LogP contribution in [-0.2, 0) is 6.54 Å². The first-order chi connectivity index (χ1) is 17.8. The number of benzene rings is 3. The van der Waals surface area contributed by atoms with Crippen molar-refractivity contribution in [2.75, 3.05) is 5.73 Å². The van der Waals surface area contributed by atoms with Crippen molar-refractivity contribution in [3.8, 4) is 5.75 Å². The van der Waals surface area contributed by atoms with Gasteiger partial charge in [0.05, 0.1) is 39.9 Å². The van der Waals surface area contributed by atoms with Crippen LogP contribution in [0.5, 0.6) is 5.75 Å². The van der Waals surface area contributed by atoms with Crippen LogP contribution in [0.25, 0.3) is 21.9 Å². The van der Waals surface area contributed by atoms with Gasteiger partial charge in [0.1, 0.15) is 0 Å². The van der Waals surface area contributed by atoms with Crippen LogP contribution in [0.15, 0.2) is 74.4 Å². The Bertz CT molecular complexity index is 1930. The lowest BCUT2D eigenvalue weighted by Crippen LogP contribution is -2.29. The summed E-state index contributed by atoms with van der Waals surface area (Å²) in [6, 6.07) is 14.1. The molecule has 6 N–H and O–H groups in total. The number of carbonyl (C=O) groups excluding carboxylic acids is 2. The Kier molecular flexibility index (Phi) is 4.76. The number of pyridine rings is 1. The van der Waals surface area contributed by atoms with Gasteiger partial charge in [0.2, 0.25) is 0 Å². The molecule has 6 rings (SSSR count). The van der Waals surface area contributed by atoms with Gasteiger partial charge in [-0.25, -0.2) is 4.79 Å². The lowest BCUT2D eigenvalue weighted by Gasteiger charge is -2.14. The number of carbonyl (C=O) groups is 2. The molecule has 0 atom stereocenters. The number of amides is 2. The largest absolute Gasteiger partial charge is 0.505 e. The van der Waals surface area contributed by atoms with Gasteiger partial charge >= 0.3 is 5.69 Å². The molecule has 0 aliphatic carbocycles. The third-order valence-electron chi connectivity index (χ3n) is 6.13. The fourth-order valence-corrected chi connectivity index (χ4v) is 4.33. The third-order valence-corrected chi connectivity index (χ3v) is 6.13. The first kappa shape index (κ1) is 22.0. The molecular weight excluding hydrogens is 478 g/mol. The zero-order valence-electron chi connectivity index (χ0n) is 18.9. The molecule has 5 aromatic rings. The number of hydrogen-bond donors (Lipinski definition) is 5. The summed E-state index contributed by atoms with van der Waals surface area (Å²) < 4.78 is 0. The Hall–Kier alpha value is -5.52. The molecule has 1 aliphatic heterocycles. The Labute approximate surface area is 206 Å². The van der Waals surface area contributed by atoms with Gasteiger partial charge in [-0.1, -0.05) is 6.07 Å². The second-order valence-corrected chi connectivity index (χ2v) is 8.54. The minimum Gasteiger partial charge on any atom is -0.505 e. The third kappa shape index (κ3) is 3.63. The van der Waals surface area contributed by atoms with E-state index in [1.54, 1.807) is 42.5 Å². The molecule has 2 aromatic heterocycles. The minimum atomic E-state index is -0.682. The number of imidazole rings is 1. The predicted molar refractivity (Wildman–Crippen MR) is 134 cm³/mol. The minimum absolute atomic E-state index is 0.0316. The number of nitrogen functional groups attached to an aromatic ring is 1. The van der Waals surface area contributed by atoms with E-state index in [0.717, 1.165) is 4.90 Å². The number of aromatic nitrogens is 3. The van der Waals surface area contributed by atoms with Crippen molar-refractivity contribution < 1.29 is 14.7 Å². The van der Waals surface area contributed by atoms with Crippen molar-refractivity contribution in [2.24, 2.45) is 10.2 Å². The number of nitrogens with zero attached hydrogens (tertiary/aromatic N) is 3. The van der Waals surface area contributed by atoms with E-state index in [9.17, 15) is 24.3 Å². The number of nitrogens with one attached hydrogen (secondary N) is 3. The Morgan fingerprint density at radius 3 is 2.41 bits per heavy atom. The van der Waals surface area contributed by atoms with Gasteiger partial charge in [0.25, 0.3) is 17.4 Å². The highest BCUT2D eigenvalue weighted by atomic mass is 16.3. The second-order valence-electron chi connectivity index (χ2n) is 8.54. The van der Waals surface area contributed by atoms with Gasteiger partial charge < -0.3 is 25.8 Å². The van der Waals surface area contributed by atoms with Crippen molar-refractivity contribution in [1.82, 2.24) is 19.9 Å². The van der Waals surface area contributed by atoms with Crippen LogP contribution in [-0.4, -0.2) is 36.8 Å². The van der Waals surface area contributed by atoms with E-state index in [4.69, 9.17) is 5.73 Å². The topological polar surface area (TPSA) is 190 Å². The van der Waals surface area contributed by atoms with E-state index in [2.05, 4.69) is 25.2 Å². The fraction of sp³-hybridized carbons (Fsp3) is 0.0400. The number of fused-ring (bicyclic) bond motifs is 3. The second kappa shape index (κ2) is 8.02. The van der Waals surface area contributed by atoms with Crippen LogP contribution in [0.2, 0.25) is 0 Å². The van der Waals surface area contributed by atoms with E-state index >= 15 is 0 Å². The smallest absolute Gasteiger partial charge is 0.323 e. The summed E-state index contributed by atoms with van der Waals surface area (Å²) in [5, 5.41) is 19.0. The van der Waals surface area contributed by atoms with Gasteiger partial charge in [0, 0.05) is 11.1 Å². The molecular formula is C25H17N7O5. The first-order valence-corrected chi connectivity index (χ1v) is 11.1. The quantitative estimate of drug-likeness (QED) is 0.144. The predicted octanol–water partition coefficient (Wildman–Crippen LogP) is 3.20. The monoisotopic (exact) mass is 495 g/mol. The van der Waals surface area contributed by atoms with Gasteiger partial charge in [-0.05, 0) is 54.1 Å². The molecule has 0 spiro atoms. The van der Waals surface area contributed by atoms with Crippen LogP contribution in [0.4, 0.5) is 17.1 Å². The molecule has 12 nitrogen and oxygen atoms in total. The number of anilines is 1. The average Bonchev–Trinajstić information content (AvgIpc) is 3.35. The summed E-state index contributed by atoms with van der Waals surface area (Å²) >= 11 is 0. The normalized spacial score (nSPS) is 13.4. The number of hydrogen-bond acceptors (Lipinski definition) is 8. The highest BCUT2D eigenvalue weighted by molar-refractivity contribution is 6.21. The van der Waals surface area contributed by atoms with Crippen LogP contribution in [0, 0.1) is 0 Å². The standard InChI is InChI=1S/C25H17N7O5/c26-12-2-5-14-16(8-12)24(36)32(23(14)35)10-11-1-4-15-18(7-11)27-22(34)20(21(15)33)31-30-13-3-6-17-19(9-13)29-25(37)28-17/h1-9H,10,26H2,(H2,27,33,34)(H2,28,29,37). The average molecular weight is 495 g/mol. The number of rotatable bonds is 4. The number of aromatic amines is 3. The molecule has 1 aliphatic rings. The molecule has 0 bridgehead atoms. The van der Waals surface area contributed by atoms with E-state index < -0.39 is 17.4 Å². The number of aromatic hydroxyl groups is 1. The SMILES string of the molecule is Nc1ccc2c(c1)C(=O)N(Cc1ccc3c(O)c(N=Nc4ccc5[nH]c(=O)[nH]c5c4)c(=O)[nH]c3c1)C2=O. The van der Waals surface area contributed by atoms with E-state index in [-0.39, 0.29) is 34.8 Å². The molecule has 0 radical (unpaired) electrons. The summed E-state index contributed by atoms with van der Waals surface area (Å²) in [5.74, 6) is -1.27. The molecule has 12 heteroatoms. The Balaban J connectivity index is 1.30. The van der Waals surface area contributed by atoms with Crippen LogP contribution >= 0.6 is 0 Å². The maximum absolute atomic E-state index is 12.8. The van der Waals surface area contributed by atoms with E-state index in [1.807, 2.05) is 0 Å². The molecule has 2 amide bonds. The van der Waals surface area contributed by atoms with Crippen LogP contribution < -0.4 is 17.0 Å². The molecule has 0 saturated heterocycles. The molecule has 37 heavy (non-hydrogen) atoms. The zero-order chi connectivity index (χ0) is 25.8.